The molecule has 3 rings (SSSR count). The van der Waals surface area contributed by atoms with E-state index in [1.165, 1.54) is 47.7 Å². The van der Waals surface area contributed by atoms with Gasteiger partial charge in [0.05, 0.1) is 0 Å². The summed E-state index contributed by atoms with van der Waals surface area (Å²) in [5.41, 5.74) is 2.57. The Labute approximate surface area is 144 Å². The zero-order chi connectivity index (χ0) is 16.8. The molecular formula is C20H29N3O. The highest BCUT2D eigenvalue weighted by atomic mass is 16.3. The number of nitrogens with zero attached hydrogens (tertiary/aromatic N) is 1. The molecule has 1 aromatic carbocycles. The van der Waals surface area contributed by atoms with Crippen LogP contribution in [0.1, 0.15) is 44.6 Å². The lowest BCUT2D eigenvalue weighted by Gasteiger charge is -2.31. The molecule has 0 radical (unpaired) electrons. The van der Waals surface area contributed by atoms with Gasteiger partial charge in [-0.15, -0.1) is 0 Å². The molecule has 3 N–H and O–H groups in total. The van der Waals surface area contributed by atoms with Crippen LogP contribution in [-0.4, -0.2) is 35.3 Å². The Hall–Kier alpha value is -1.65. The van der Waals surface area contributed by atoms with Crippen molar-refractivity contribution in [1.82, 2.24) is 10.3 Å². The summed E-state index contributed by atoms with van der Waals surface area (Å²) >= 11 is 0. The molecule has 0 unspecified atom stereocenters. The van der Waals surface area contributed by atoms with Crippen LogP contribution in [0.4, 0.5) is 5.69 Å². The molecule has 0 amide bonds. The van der Waals surface area contributed by atoms with Crippen LogP contribution in [0.15, 0.2) is 30.6 Å². The fourth-order valence-electron chi connectivity index (χ4n) is 3.74. The molecule has 0 spiro atoms. The highest BCUT2D eigenvalue weighted by Crippen LogP contribution is 2.29. The predicted molar refractivity (Wildman–Crippen MR) is 100 cm³/mol. The average Bonchev–Trinajstić information content (AvgIpc) is 2.63. The Kier molecular flexibility index (Phi) is 6.05. The molecule has 0 saturated heterocycles. The second-order valence-corrected chi connectivity index (χ2v) is 6.78. The van der Waals surface area contributed by atoms with Gasteiger partial charge in [0.25, 0.3) is 0 Å². The van der Waals surface area contributed by atoms with Crippen molar-refractivity contribution in [2.24, 2.45) is 0 Å². The summed E-state index contributed by atoms with van der Waals surface area (Å²) in [6.07, 6.45) is 10.6. The summed E-state index contributed by atoms with van der Waals surface area (Å²) in [5.74, 6) is 0. The number of aliphatic hydroxyl groups is 1. The first-order valence-corrected chi connectivity index (χ1v) is 9.28. The maximum absolute atomic E-state index is 8.88. The Morgan fingerprint density at radius 3 is 2.67 bits per heavy atom. The van der Waals surface area contributed by atoms with Crippen LogP contribution in [0.3, 0.4) is 0 Å². The molecular weight excluding hydrogens is 298 g/mol. The molecule has 1 aliphatic rings. The Morgan fingerprint density at radius 2 is 1.92 bits per heavy atom. The van der Waals surface area contributed by atoms with E-state index in [1.807, 2.05) is 12.4 Å². The van der Waals surface area contributed by atoms with Gasteiger partial charge in [0.15, 0.2) is 0 Å². The summed E-state index contributed by atoms with van der Waals surface area (Å²) in [4.78, 5) is 4.36. The van der Waals surface area contributed by atoms with Crippen molar-refractivity contribution in [3.63, 3.8) is 0 Å². The first-order valence-electron chi connectivity index (χ1n) is 9.28. The molecule has 1 aliphatic carbocycles. The standard InChI is InChI=1S/C20H29N3O/c1-2-15-13-21-14-16-5-3-6-19(20(15)16)23-18-9-7-17(8-10-18)22-11-4-12-24/h3,5-6,13-14,17-18,22-24H,2,4,7-12H2,1H3. The first kappa shape index (κ1) is 17.2. The van der Waals surface area contributed by atoms with Crippen molar-refractivity contribution >= 4 is 16.5 Å². The van der Waals surface area contributed by atoms with Crippen molar-refractivity contribution in [3.05, 3.63) is 36.2 Å². The lowest BCUT2D eigenvalue weighted by atomic mass is 9.90. The second kappa shape index (κ2) is 8.45. The van der Waals surface area contributed by atoms with Crippen molar-refractivity contribution in [1.29, 1.82) is 0 Å². The van der Waals surface area contributed by atoms with E-state index in [4.69, 9.17) is 5.11 Å². The highest BCUT2D eigenvalue weighted by Gasteiger charge is 2.21. The third kappa shape index (κ3) is 4.05. The van der Waals surface area contributed by atoms with Crippen LogP contribution >= 0.6 is 0 Å². The maximum atomic E-state index is 8.88. The number of aliphatic hydroxyl groups excluding tert-OH is 1. The SMILES string of the molecule is CCc1cncc2cccc(NC3CCC(NCCCO)CC3)c12. The molecule has 2 aromatic rings. The van der Waals surface area contributed by atoms with Crippen molar-refractivity contribution in [2.45, 2.75) is 57.5 Å². The molecule has 1 saturated carbocycles. The summed E-state index contributed by atoms with van der Waals surface area (Å²) in [6.45, 7) is 3.39. The summed E-state index contributed by atoms with van der Waals surface area (Å²) in [5, 5.41) is 18.8. The third-order valence-corrected chi connectivity index (χ3v) is 5.10. The number of benzene rings is 1. The molecule has 0 aliphatic heterocycles. The van der Waals surface area contributed by atoms with Gasteiger partial charge < -0.3 is 15.7 Å². The number of nitrogens with one attached hydrogen (secondary N) is 2. The molecule has 1 heterocycles. The van der Waals surface area contributed by atoms with Gasteiger partial charge in [0.2, 0.25) is 0 Å². The number of pyridine rings is 1. The van der Waals surface area contributed by atoms with Gasteiger partial charge in [-0.3, -0.25) is 4.98 Å². The van der Waals surface area contributed by atoms with E-state index in [0.29, 0.717) is 12.1 Å². The van der Waals surface area contributed by atoms with Gasteiger partial charge in [0, 0.05) is 47.5 Å². The normalized spacial score (nSPS) is 21.1. The Balaban J connectivity index is 1.64. The molecule has 1 aromatic heterocycles. The van der Waals surface area contributed by atoms with E-state index < -0.39 is 0 Å². The maximum Gasteiger partial charge on any atom is 0.0443 e. The van der Waals surface area contributed by atoms with Crippen molar-refractivity contribution < 1.29 is 5.11 Å². The van der Waals surface area contributed by atoms with Gasteiger partial charge in [0.1, 0.15) is 0 Å². The number of aromatic nitrogens is 1. The van der Waals surface area contributed by atoms with Crippen LogP contribution < -0.4 is 10.6 Å². The molecule has 4 heteroatoms. The van der Waals surface area contributed by atoms with Crippen LogP contribution in [0.2, 0.25) is 0 Å². The van der Waals surface area contributed by atoms with Crippen molar-refractivity contribution in [2.75, 3.05) is 18.5 Å². The van der Waals surface area contributed by atoms with E-state index in [9.17, 15) is 0 Å². The fourth-order valence-corrected chi connectivity index (χ4v) is 3.74. The summed E-state index contributed by atoms with van der Waals surface area (Å²) in [6, 6.07) is 7.62. The lowest BCUT2D eigenvalue weighted by molar-refractivity contribution is 0.276. The van der Waals surface area contributed by atoms with E-state index in [2.05, 4.69) is 40.7 Å². The molecule has 130 valence electrons. The summed E-state index contributed by atoms with van der Waals surface area (Å²) in [7, 11) is 0. The number of hydrogen-bond acceptors (Lipinski definition) is 4. The zero-order valence-corrected chi connectivity index (χ0v) is 14.6. The number of rotatable bonds is 7. The Morgan fingerprint density at radius 1 is 1.12 bits per heavy atom. The van der Waals surface area contributed by atoms with E-state index in [1.54, 1.807) is 0 Å². The smallest absolute Gasteiger partial charge is 0.0443 e. The van der Waals surface area contributed by atoms with Crippen LogP contribution in [0.5, 0.6) is 0 Å². The minimum absolute atomic E-state index is 0.277. The zero-order valence-electron chi connectivity index (χ0n) is 14.6. The van der Waals surface area contributed by atoms with Crippen LogP contribution in [-0.2, 0) is 6.42 Å². The summed E-state index contributed by atoms with van der Waals surface area (Å²) < 4.78 is 0. The molecule has 1 fully saturated rings. The highest BCUT2D eigenvalue weighted by molar-refractivity contribution is 5.96. The lowest BCUT2D eigenvalue weighted by Crippen LogP contribution is -2.37. The topological polar surface area (TPSA) is 57.2 Å². The first-order chi connectivity index (χ1) is 11.8. The molecule has 0 bridgehead atoms. The van der Waals surface area contributed by atoms with Gasteiger partial charge in [-0.1, -0.05) is 19.1 Å². The van der Waals surface area contributed by atoms with E-state index in [-0.39, 0.29) is 6.61 Å². The van der Waals surface area contributed by atoms with Gasteiger partial charge in [-0.25, -0.2) is 0 Å². The minimum Gasteiger partial charge on any atom is -0.396 e. The van der Waals surface area contributed by atoms with Gasteiger partial charge in [-0.2, -0.15) is 0 Å². The van der Waals surface area contributed by atoms with Gasteiger partial charge in [-0.05, 0) is 56.7 Å². The number of anilines is 1. The van der Waals surface area contributed by atoms with Crippen LogP contribution in [0.25, 0.3) is 10.8 Å². The molecule has 0 atom stereocenters. The number of aryl methyl sites for hydroxylation is 1. The van der Waals surface area contributed by atoms with Gasteiger partial charge >= 0.3 is 0 Å². The fraction of sp³-hybridized carbons (Fsp3) is 0.550. The number of hydrogen-bond donors (Lipinski definition) is 3. The monoisotopic (exact) mass is 327 g/mol. The van der Waals surface area contributed by atoms with E-state index >= 15 is 0 Å². The Bertz CT molecular complexity index is 645. The van der Waals surface area contributed by atoms with Crippen molar-refractivity contribution in [3.8, 4) is 0 Å². The average molecular weight is 327 g/mol. The minimum atomic E-state index is 0.277. The quantitative estimate of drug-likeness (QED) is 0.681. The largest absolute Gasteiger partial charge is 0.396 e. The molecule has 4 nitrogen and oxygen atoms in total. The number of fused-ring (bicyclic) bond motifs is 1. The third-order valence-electron chi connectivity index (χ3n) is 5.10. The molecule has 24 heavy (non-hydrogen) atoms. The van der Waals surface area contributed by atoms with Crippen LogP contribution in [0, 0.1) is 0 Å². The second-order valence-electron chi connectivity index (χ2n) is 6.78. The van der Waals surface area contributed by atoms with E-state index in [0.717, 1.165) is 19.4 Å². The predicted octanol–water partition coefficient (Wildman–Crippen LogP) is 3.49.